The number of benzene rings is 6. The number of nitrogens with one attached hydrogen (secondary N) is 15. The molecule has 0 saturated heterocycles. The molecule has 0 spiro atoms. The highest BCUT2D eigenvalue weighted by Crippen LogP contribution is 2.34. The molecule has 736 valence electrons. The average Bonchev–Trinajstić information content (AvgIpc) is 1.63. The molecule has 42 heteroatoms. The highest BCUT2D eigenvalue weighted by molar-refractivity contribution is 5.95. The SMILES string of the molecule is CC(C)Nc1nc2nc3c(cnn13)CCCCC(=O)Nc1cccc(c1)N2.CCCNc1nc2nc3c(cnn13)CCCCC(=O)Nc1cccc(c1)N2.CCOc1cccc(Nc2nc3nc4c(cnn24)CCCCC(=O)Nc2cccc(c2)N3)c1.O=C1CCCCc2cnn3c(NC4CC4)nc(nc23)Nc2cccc(c2)N1.O=C1CCCCc2cnn3c(Nc4cccnc4)nc(nc23)Nc2cccc(c2)N1. The summed E-state index contributed by atoms with van der Waals surface area (Å²) in [5, 5.41) is 70.2. The smallest absolute Gasteiger partial charge is 0.233 e. The third-order valence-electron chi connectivity index (χ3n) is 23.9. The van der Waals surface area contributed by atoms with E-state index in [9.17, 15) is 24.0 Å². The minimum atomic E-state index is 0.0138. The molecule has 0 radical (unpaired) electrons. The standard InChI is InChI=1S/C24H25N7O2.C21H20N8O.C19H21N7O.2C19H23N7O/c1-2-33-20-11-6-10-19(14-20)28-24-30-23-27-18-9-5-8-17(13-18)26-21(32)12-4-3-7-16-15-25-31(24)22(16)29-23;30-18-9-2-1-5-14-12-23-29-19(14)27-20(25-16-7-3-6-15(11-16)24-18)28-21(29)26-17-8-4-10-22-13-17;27-16-7-2-1-4-12-11-20-26-17(12)24-18(25-19(26)23-13-8-9-13)22-15-6-3-5-14(10-15)21-16;1-12(2)21-19-25-18-23-15-8-5-7-14(10-15)22-16(27)9-4-3-6-13-11-20-26(19)17(13)24-18;1-2-10-20-19-25-18-23-15-8-5-7-14(11-15)22-16(27)9-4-3-6-13-12-21-26(19)17(13)24-18/h5-6,8-11,13-15H,2-4,7,12H2,1H3,(H,26,32)(H2,27,28,29,30);3-4,6-8,10-13H,1-2,5,9H2,(H,24,30)(H2,25,26,27,28);3,5-6,10-11,13H,1-2,4,7-9H2,(H,21,27)(H2,22,23,24,25);5,7-8,10-12H,3-4,6,9H2,1-2H3,(H,22,27)(H2,21,23,24,25);5,7-8,11-12H,2-4,6,9-10H2,1H3,(H,22,27)(H2,20,23,24,25). The molecule has 16 heterocycles. The van der Waals surface area contributed by atoms with Gasteiger partial charge in [-0.1, -0.05) is 43.3 Å². The van der Waals surface area contributed by atoms with E-state index in [-0.39, 0.29) is 35.6 Å². The first kappa shape index (κ1) is 95.3. The van der Waals surface area contributed by atoms with Crippen LogP contribution >= 0.6 is 0 Å². The van der Waals surface area contributed by atoms with Crippen LogP contribution in [0.1, 0.15) is 171 Å². The quantitative estimate of drug-likeness (QED) is 0.0510. The lowest BCUT2D eigenvalue weighted by atomic mass is 10.1. The van der Waals surface area contributed by atoms with Crippen LogP contribution < -0.4 is 84.5 Å². The number of aromatic nitrogens is 21. The number of rotatable bonds is 13. The Morgan fingerprint density at radius 2 is 0.625 bits per heavy atom. The first-order chi connectivity index (χ1) is 70.5. The molecule has 5 aliphatic heterocycles. The fraction of sp³-hybridized carbons (Fsp3) is 0.304. The molecule has 0 unspecified atom stereocenters. The number of hydrogen-bond donors (Lipinski definition) is 15. The number of hydrogen-bond acceptors (Lipinski definition) is 32. The maximum Gasteiger partial charge on any atom is 0.233 e. The molecule has 1 saturated carbocycles. The van der Waals surface area contributed by atoms with Crippen LogP contribution in [0.25, 0.3) is 28.2 Å². The van der Waals surface area contributed by atoms with Crippen LogP contribution in [0.15, 0.2) is 201 Å². The Bertz CT molecular complexity index is 7330. The number of pyridine rings is 1. The van der Waals surface area contributed by atoms with Crippen molar-refractivity contribution in [2.75, 3.05) is 92.9 Å². The summed E-state index contributed by atoms with van der Waals surface area (Å²) in [5.41, 5.74) is 18.5. The Kier molecular flexibility index (Phi) is 29.8. The van der Waals surface area contributed by atoms with Crippen molar-refractivity contribution in [3.63, 3.8) is 0 Å². The highest BCUT2D eigenvalue weighted by atomic mass is 16.5. The van der Waals surface area contributed by atoms with E-state index in [1.807, 2.05) is 196 Å². The molecule has 20 bridgehead atoms. The van der Waals surface area contributed by atoms with Crippen molar-refractivity contribution in [3.05, 3.63) is 229 Å². The van der Waals surface area contributed by atoms with Crippen molar-refractivity contribution in [2.45, 2.75) is 187 Å². The average molecular weight is 1940 g/mol. The maximum absolute atomic E-state index is 12.3. The topological polar surface area (TPSA) is 503 Å². The van der Waals surface area contributed by atoms with Gasteiger partial charge >= 0.3 is 0 Å². The van der Waals surface area contributed by atoms with Gasteiger partial charge in [0.05, 0.1) is 49.5 Å². The minimum absolute atomic E-state index is 0.0138. The summed E-state index contributed by atoms with van der Waals surface area (Å²) >= 11 is 0. The first-order valence-corrected chi connectivity index (χ1v) is 49.0. The Labute approximate surface area is 827 Å². The van der Waals surface area contributed by atoms with E-state index >= 15 is 0 Å². The van der Waals surface area contributed by atoms with Crippen molar-refractivity contribution >= 4 is 186 Å². The molecule has 1 aliphatic carbocycles. The zero-order valence-corrected chi connectivity index (χ0v) is 80.2. The molecule has 5 amide bonds. The van der Waals surface area contributed by atoms with E-state index in [2.05, 4.69) is 156 Å². The van der Waals surface area contributed by atoms with Gasteiger partial charge in [-0.25, -0.2) is 0 Å². The van der Waals surface area contributed by atoms with Crippen LogP contribution in [0.2, 0.25) is 0 Å². The summed E-state index contributed by atoms with van der Waals surface area (Å²) in [5.74, 6) is 6.43. The second-order valence-electron chi connectivity index (χ2n) is 35.8. The van der Waals surface area contributed by atoms with Gasteiger partial charge in [0, 0.05) is 153 Å². The van der Waals surface area contributed by atoms with Crippen molar-refractivity contribution in [1.29, 1.82) is 0 Å². The van der Waals surface area contributed by atoms with Gasteiger partial charge < -0.3 is 84.5 Å². The monoisotopic (exact) mass is 1940 g/mol. The van der Waals surface area contributed by atoms with Crippen LogP contribution in [-0.4, -0.2) is 158 Å². The highest BCUT2D eigenvalue weighted by Gasteiger charge is 2.27. The van der Waals surface area contributed by atoms with E-state index in [0.717, 1.165) is 252 Å². The molecule has 17 aromatic rings. The largest absolute Gasteiger partial charge is 0.494 e. The zero-order chi connectivity index (χ0) is 98.6. The molecule has 23 rings (SSSR count). The van der Waals surface area contributed by atoms with E-state index in [4.69, 9.17) is 29.7 Å². The van der Waals surface area contributed by atoms with Crippen LogP contribution in [-0.2, 0) is 56.1 Å². The number of fused-ring (bicyclic) bond motifs is 15. The number of anilines is 22. The number of carbonyl (C=O) groups excluding carboxylic acids is 5. The molecular weight excluding hydrogens is 1830 g/mol. The van der Waals surface area contributed by atoms with Crippen molar-refractivity contribution in [2.24, 2.45) is 0 Å². The summed E-state index contributed by atoms with van der Waals surface area (Å²) in [6.45, 7) is 9.58. The summed E-state index contributed by atoms with van der Waals surface area (Å²) in [6.07, 6.45) is 30.9. The van der Waals surface area contributed by atoms with Gasteiger partial charge in [-0.15, -0.1) is 0 Å². The molecule has 144 heavy (non-hydrogen) atoms. The molecule has 42 nitrogen and oxygen atoms in total. The molecule has 6 aliphatic rings. The van der Waals surface area contributed by atoms with Gasteiger partial charge in [0.25, 0.3) is 0 Å². The lowest BCUT2D eigenvalue weighted by Crippen LogP contribution is -2.16. The minimum Gasteiger partial charge on any atom is -0.494 e. The Morgan fingerprint density at radius 1 is 0.326 bits per heavy atom. The van der Waals surface area contributed by atoms with E-state index in [1.54, 1.807) is 35.0 Å². The van der Waals surface area contributed by atoms with Gasteiger partial charge in [0.1, 0.15) is 5.75 Å². The summed E-state index contributed by atoms with van der Waals surface area (Å²) < 4.78 is 14.3. The molecule has 6 aromatic carbocycles. The fourth-order valence-corrected chi connectivity index (χ4v) is 16.8. The number of nitrogens with zero attached hydrogens (tertiary/aromatic N) is 21. The Balaban J connectivity index is 0.000000114. The zero-order valence-electron chi connectivity index (χ0n) is 80.2. The van der Waals surface area contributed by atoms with Crippen molar-refractivity contribution in [3.8, 4) is 5.75 Å². The number of ether oxygens (including phenoxy) is 1. The lowest BCUT2D eigenvalue weighted by Gasteiger charge is -2.14. The fourth-order valence-electron chi connectivity index (χ4n) is 16.8. The number of carbonyl (C=O) groups is 5. The van der Waals surface area contributed by atoms with E-state index in [1.165, 1.54) is 0 Å². The van der Waals surface area contributed by atoms with Crippen LogP contribution in [0.4, 0.5) is 128 Å². The predicted octanol–water partition coefficient (Wildman–Crippen LogP) is 18.2. The van der Waals surface area contributed by atoms with Gasteiger partial charge in [-0.05, 0) is 252 Å². The molecular formula is C102H112N36O6. The Hall–Kier alpha value is -17.6. The normalized spacial score (nSPS) is 14.8. The molecule has 15 N–H and O–H groups in total. The van der Waals surface area contributed by atoms with Crippen LogP contribution in [0.5, 0.6) is 5.75 Å². The van der Waals surface area contributed by atoms with E-state index < -0.39 is 0 Å². The number of aryl methyl sites for hydroxylation is 5. The summed E-state index contributed by atoms with van der Waals surface area (Å²) in [6, 6.07) is 49.9. The van der Waals surface area contributed by atoms with Crippen molar-refractivity contribution in [1.82, 2.24) is 103 Å². The van der Waals surface area contributed by atoms with Gasteiger partial charge in [0.2, 0.25) is 89.0 Å². The third-order valence-corrected chi connectivity index (χ3v) is 23.9. The summed E-state index contributed by atoms with van der Waals surface area (Å²) in [7, 11) is 0. The number of amides is 5. The first-order valence-electron chi connectivity index (χ1n) is 49.0. The molecule has 11 aromatic heterocycles. The second kappa shape index (κ2) is 45.1. The predicted molar refractivity (Wildman–Crippen MR) is 556 cm³/mol. The second-order valence-corrected chi connectivity index (χ2v) is 35.8. The van der Waals surface area contributed by atoms with Crippen LogP contribution in [0.3, 0.4) is 0 Å². The lowest BCUT2D eigenvalue weighted by molar-refractivity contribution is -0.117. The molecule has 0 atom stereocenters. The maximum atomic E-state index is 12.3. The van der Waals surface area contributed by atoms with E-state index in [0.29, 0.717) is 104 Å². The Morgan fingerprint density at radius 3 is 0.958 bits per heavy atom. The van der Waals surface area contributed by atoms with Crippen LogP contribution in [0, 0.1) is 0 Å². The van der Waals surface area contributed by atoms with Gasteiger partial charge in [-0.2, -0.15) is 97.9 Å². The molecule has 1 fully saturated rings. The van der Waals surface area contributed by atoms with Crippen molar-refractivity contribution < 1.29 is 28.7 Å². The van der Waals surface area contributed by atoms with Gasteiger partial charge in [-0.3, -0.25) is 29.0 Å². The van der Waals surface area contributed by atoms with Gasteiger partial charge in [0.15, 0.2) is 28.2 Å². The summed E-state index contributed by atoms with van der Waals surface area (Å²) in [4.78, 5) is 112. The third kappa shape index (κ3) is 24.8.